The van der Waals surface area contributed by atoms with Crippen molar-refractivity contribution in [2.45, 2.75) is 50.4 Å². The SMILES string of the molecule is CC(=O)N1CCN(c2ncccc2C2CCC3C4NNCC4C(=O)N(CC(F)(F)F)C3C2)CC1. The molecule has 0 radical (unpaired) electrons. The molecule has 0 bridgehead atoms. The van der Waals surface area contributed by atoms with Gasteiger partial charge in [-0.05, 0) is 42.7 Å². The van der Waals surface area contributed by atoms with E-state index < -0.39 is 30.6 Å². The molecule has 0 spiro atoms. The Kier molecular flexibility index (Phi) is 6.18. The van der Waals surface area contributed by atoms with Crippen molar-refractivity contribution in [1.82, 2.24) is 25.6 Å². The lowest BCUT2D eigenvalue weighted by molar-refractivity contribution is -0.178. The number of nitrogens with zero attached hydrogens (tertiary/aromatic N) is 4. The fourth-order valence-electron chi connectivity index (χ4n) is 6.38. The topological polar surface area (TPSA) is 80.8 Å². The number of pyridine rings is 1. The highest BCUT2D eigenvalue weighted by Gasteiger charge is 2.54. The minimum atomic E-state index is -4.44. The molecular formula is C23H31F3N6O2. The molecule has 2 N–H and O–H groups in total. The number of hydrazine groups is 1. The molecule has 11 heteroatoms. The van der Waals surface area contributed by atoms with Gasteiger partial charge in [-0.1, -0.05) is 6.07 Å². The second-order valence-corrected chi connectivity index (χ2v) is 9.89. The highest BCUT2D eigenvalue weighted by Crippen LogP contribution is 2.46. The molecule has 34 heavy (non-hydrogen) atoms. The van der Waals surface area contributed by atoms with Crippen LogP contribution in [-0.4, -0.2) is 84.1 Å². The average molecular weight is 481 g/mol. The highest BCUT2D eigenvalue weighted by molar-refractivity contribution is 5.82. The van der Waals surface area contributed by atoms with Gasteiger partial charge < -0.3 is 14.7 Å². The molecule has 3 saturated heterocycles. The van der Waals surface area contributed by atoms with Crippen LogP contribution in [0.1, 0.15) is 37.7 Å². The molecule has 5 atom stereocenters. The third-order valence-corrected chi connectivity index (χ3v) is 7.99. The maximum absolute atomic E-state index is 13.5. The number of hydrogen-bond donors (Lipinski definition) is 2. The average Bonchev–Trinajstić information content (AvgIpc) is 3.31. The van der Waals surface area contributed by atoms with Crippen molar-refractivity contribution in [2.24, 2.45) is 11.8 Å². The Labute approximate surface area is 196 Å². The number of piperidine rings is 1. The third-order valence-electron chi connectivity index (χ3n) is 7.99. The Morgan fingerprint density at radius 3 is 2.68 bits per heavy atom. The maximum Gasteiger partial charge on any atom is 0.406 e. The zero-order valence-electron chi connectivity index (χ0n) is 19.2. The molecule has 1 saturated carbocycles. The number of anilines is 1. The first-order valence-corrected chi connectivity index (χ1v) is 12.0. The lowest BCUT2D eigenvalue weighted by atomic mass is 9.67. The predicted molar refractivity (Wildman–Crippen MR) is 119 cm³/mol. The molecule has 1 aliphatic carbocycles. The fraction of sp³-hybridized carbons (Fsp3) is 0.696. The molecule has 1 aromatic rings. The van der Waals surface area contributed by atoms with E-state index >= 15 is 0 Å². The van der Waals surface area contributed by atoms with Gasteiger partial charge in [-0.2, -0.15) is 13.2 Å². The third kappa shape index (κ3) is 4.35. The molecule has 2 amide bonds. The van der Waals surface area contributed by atoms with E-state index in [1.165, 1.54) is 0 Å². The number of fused-ring (bicyclic) bond motifs is 3. The summed E-state index contributed by atoms with van der Waals surface area (Å²) in [4.78, 5) is 34.5. The van der Waals surface area contributed by atoms with Crippen molar-refractivity contribution in [3.8, 4) is 0 Å². The second kappa shape index (κ2) is 8.99. The van der Waals surface area contributed by atoms with Crippen molar-refractivity contribution < 1.29 is 22.8 Å². The summed E-state index contributed by atoms with van der Waals surface area (Å²) in [6.07, 6.45) is -0.620. The van der Waals surface area contributed by atoms with Crippen molar-refractivity contribution in [3.63, 3.8) is 0 Å². The number of rotatable bonds is 3. The number of halogens is 3. The summed E-state index contributed by atoms with van der Waals surface area (Å²) in [6.45, 7) is 3.31. The van der Waals surface area contributed by atoms with E-state index in [0.717, 1.165) is 29.1 Å². The lowest BCUT2D eigenvalue weighted by Crippen LogP contribution is -2.63. The number of aromatic nitrogens is 1. The monoisotopic (exact) mass is 480 g/mol. The van der Waals surface area contributed by atoms with E-state index in [9.17, 15) is 22.8 Å². The maximum atomic E-state index is 13.5. The summed E-state index contributed by atoms with van der Waals surface area (Å²) in [5, 5.41) is 0. The first-order valence-electron chi connectivity index (χ1n) is 12.0. The van der Waals surface area contributed by atoms with Crippen molar-refractivity contribution in [3.05, 3.63) is 23.9 Å². The number of piperazine rings is 1. The van der Waals surface area contributed by atoms with Gasteiger partial charge in [-0.3, -0.25) is 20.4 Å². The van der Waals surface area contributed by atoms with Gasteiger partial charge in [0.1, 0.15) is 12.4 Å². The van der Waals surface area contributed by atoms with Crippen LogP contribution >= 0.6 is 0 Å². The number of alkyl halides is 3. The molecule has 4 aliphatic rings. The van der Waals surface area contributed by atoms with Gasteiger partial charge in [0.05, 0.1) is 5.92 Å². The van der Waals surface area contributed by atoms with Gasteiger partial charge in [0.15, 0.2) is 0 Å². The molecule has 4 fully saturated rings. The van der Waals surface area contributed by atoms with Gasteiger partial charge in [-0.25, -0.2) is 4.98 Å². The van der Waals surface area contributed by atoms with Crippen molar-refractivity contribution in [2.75, 3.05) is 44.2 Å². The van der Waals surface area contributed by atoms with E-state index in [4.69, 9.17) is 0 Å². The predicted octanol–water partition coefficient (Wildman–Crippen LogP) is 1.50. The zero-order chi connectivity index (χ0) is 24.0. The van der Waals surface area contributed by atoms with Crippen LogP contribution < -0.4 is 15.8 Å². The number of hydrogen-bond acceptors (Lipinski definition) is 6. The van der Waals surface area contributed by atoms with Crippen molar-refractivity contribution >= 4 is 17.6 Å². The first kappa shape index (κ1) is 23.3. The van der Waals surface area contributed by atoms with Crippen molar-refractivity contribution in [1.29, 1.82) is 0 Å². The van der Waals surface area contributed by atoms with Gasteiger partial charge in [0.25, 0.3) is 0 Å². The molecule has 3 aliphatic heterocycles. The van der Waals surface area contributed by atoms with Crippen LogP contribution in [0.5, 0.6) is 0 Å². The number of carbonyl (C=O) groups excluding carboxylic acids is 2. The Bertz CT molecular complexity index is 936. The Balaban J connectivity index is 1.39. The minimum absolute atomic E-state index is 0.0180. The Hall–Kier alpha value is -2.40. The molecule has 1 aromatic heterocycles. The molecule has 4 heterocycles. The molecular weight excluding hydrogens is 449 g/mol. The Morgan fingerprint density at radius 1 is 1.21 bits per heavy atom. The number of carbonyl (C=O) groups is 2. The van der Waals surface area contributed by atoms with Crippen LogP contribution in [0.15, 0.2) is 18.3 Å². The van der Waals surface area contributed by atoms with Crippen LogP contribution in [0.2, 0.25) is 0 Å². The van der Waals surface area contributed by atoms with Gasteiger partial charge in [-0.15, -0.1) is 0 Å². The largest absolute Gasteiger partial charge is 0.406 e. The van der Waals surface area contributed by atoms with Gasteiger partial charge in [0.2, 0.25) is 11.8 Å². The second-order valence-electron chi connectivity index (χ2n) is 9.89. The Morgan fingerprint density at radius 2 is 1.97 bits per heavy atom. The highest BCUT2D eigenvalue weighted by atomic mass is 19.4. The minimum Gasteiger partial charge on any atom is -0.353 e. The number of likely N-dealkylation sites (tertiary alicyclic amines) is 1. The van der Waals surface area contributed by atoms with Crippen LogP contribution in [0, 0.1) is 11.8 Å². The summed E-state index contributed by atoms with van der Waals surface area (Å²) >= 11 is 0. The lowest BCUT2D eigenvalue weighted by Gasteiger charge is -2.50. The smallest absolute Gasteiger partial charge is 0.353 e. The quantitative estimate of drug-likeness (QED) is 0.683. The normalized spacial score (nSPS) is 31.9. The zero-order valence-corrected chi connectivity index (χ0v) is 19.2. The van der Waals surface area contributed by atoms with Crippen LogP contribution in [0.25, 0.3) is 0 Å². The van der Waals surface area contributed by atoms with E-state index in [1.807, 2.05) is 17.0 Å². The molecule has 8 nitrogen and oxygen atoms in total. The standard InChI is InChI=1S/C23H31F3N6O2/c1-14(33)30-7-9-31(10-8-30)21-16(3-2-6-27-21)15-4-5-17-19(11-15)32(13-23(24,25)26)22(34)18-12-28-29-20(17)18/h2-3,6,15,17-20,28-29H,4-5,7-13H2,1H3. The molecule has 5 unspecified atom stereocenters. The molecule has 0 aromatic carbocycles. The summed E-state index contributed by atoms with van der Waals surface area (Å²) < 4.78 is 40.4. The summed E-state index contributed by atoms with van der Waals surface area (Å²) in [6, 6.07) is 3.29. The molecule has 186 valence electrons. The van der Waals surface area contributed by atoms with E-state index in [-0.39, 0.29) is 23.8 Å². The van der Waals surface area contributed by atoms with E-state index in [0.29, 0.717) is 39.1 Å². The van der Waals surface area contributed by atoms with Gasteiger partial charge >= 0.3 is 6.18 Å². The summed E-state index contributed by atoms with van der Waals surface area (Å²) in [7, 11) is 0. The summed E-state index contributed by atoms with van der Waals surface area (Å²) in [5.74, 6) is 0.0392. The number of amides is 2. The fourth-order valence-corrected chi connectivity index (χ4v) is 6.38. The van der Waals surface area contributed by atoms with Gasteiger partial charge in [0, 0.05) is 57.9 Å². The summed E-state index contributed by atoms with van der Waals surface area (Å²) in [5.41, 5.74) is 7.19. The van der Waals surface area contributed by atoms with Crippen LogP contribution in [0.3, 0.4) is 0 Å². The first-order chi connectivity index (χ1) is 16.2. The molecule has 5 rings (SSSR count). The van der Waals surface area contributed by atoms with E-state index in [1.54, 1.807) is 13.1 Å². The van der Waals surface area contributed by atoms with E-state index in [2.05, 4.69) is 20.7 Å². The number of nitrogens with one attached hydrogen (secondary N) is 2. The van der Waals surface area contributed by atoms with Crippen LogP contribution in [0.4, 0.5) is 19.0 Å². The van der Waals surface area contributed by atoms with Crippen LogP contribution in [-0.2, 0) is 9.59 Å².